The number of anilines is 1. The van der Waals surface area contributed by atoms with Crippen LogP contribution in [0.15, 0.2) is 24.3 Å². The van der Waals surface area contributed by atoms with E-state index in [0.29, 0.717) is 18.7 Å². The topological polar surface area (TPSA) is 96.5 Å². The van der Waals surface area contributed by atoms with Crippen LogP contribution in [0.3, 0.4) is 0 Å². The van der Waals surface area contributed by atoms with Gasteiger partial charge in [0.2, 0.25) is 11.8 Å². The van der Waals surface area contributed by atoms with Crippen LogP contribution in [0.25, 0.3) is 0 Å². The van der Waals surface area contributed by atoms with E-state index < -0.39 is 11.7 Å². The van der Waals surface area contributed by atoms with Crippen molar-refractivity contribution >= 4 is 23.6 Å². The molecule has 0 aliphatic carbocycles. The molecule has 0 aliphatic heterocycles. The minimum atomic E-state index is -0.575. The fraction of sp³-hybridized carbons (Fsp3) is 0.500. The average molecular weight is 349 g/mol. The van der Waals surface area contributed by atoms with E-state index in [4.69, 9.17) is 4.74 Å². The van der Waals surface area contributed by atoms with Crippen LogP contribution in [0.2, 0.25) is 0 Å². The Bertz CT molecular complexity index is 609. The number of hydrogen-bond acceptors (Lipinski definition) is 4. The monoisotopic (exact) mass is 349 g/mol. The molecular weight excluding hydrogens is 322 g/mol. The lowest BCUT2D eigenvalue weighted by molar-refractivity contribution is -0.121. The highest BCUT2D eigenvalue weighted by Crippen LogP contribution is 2.15. The molecule has 3 N–H and O–H groups in total. The molecule has 0 spiro atoms. The molecule has 1 aromatic carbocycles. The van der Waals surface area contributed by atoms with E-state index in [1.54, 1.807) is 39.8 Å². The first kappa shape index (κ1) is 20.5. The lowest BCUT2D eigenvalue weighted by Gasteiger charge is -2.19. The fourth-order valence-electron chi connectivity index (χ4n) is 1.92. The summed E-state index contributed by atoms with van der Waals surface area (Å²) in [6.45, 7) is 7.62. The van der Waals surface area contributed by atoms with Gasteiger partial charge in [0, 0.05) is 31.6 Å². The van der Waals surface area contributed by atoms with Crippen LogP contribution in [0.4, 0.5) is 10.5 Å². The predicted molar refractivity (Wildman–Crippen MR) is 96.1 cm³/mol. The van der Waals surface area contributed by atoms with E-state index in [9.17, 15) is 14.4 Å². The average Bonchev–Trinajstić information content (AvgIpc) is 2.52. The lowest BCUT2D eigenvalue weighted by atomic mass is 10.1. The van der Waals surface area contributed by atoms with Crippen molar-refractivity contribution in [2.75, 3.05) is 11.9 Å². The van der Waals surface area contributed by atoms with Gasteiger partial charge >= 0.3 is 6.09 Å². The van der Waals surface area contributed by atoms with Crippen LogP contribution in [0.1, 0.15) is 46.1 Å². The Labute approximate surface area is 148 Å². The molecule has 0 unspecified atom stereocenters. The molecule has 1 rings (SSSR count). The van der Waals surface area contributed by atoms with Crippen molar-refractivity contribution in [1.82, 2.24) is 10.6 Å². The first-order valence-electron chi connectivity index (χ1n) is 8.32. The van der Waals surface area contributed by atoms with E-state index in [0.717, 1.165) is 5.56 Å². The molecule has 0 saturated carbocycles. The lowest BCUT2D eigenvalue weighted by Crippen LogP contribution is -2.34. The molecule has 1 aromatic rings. The van der Waals surface area contributed by atoms with Crippen molar-refractivity contribution < 1.29 is 19.1 Å². The zero-order chi connectivity index (χ0) is 18.9. The zero-order valence-corrected chi connectivity index (χ0v) is 15.3. The van der Waals surface area contributed by atoms with Crippen LogP contribution in [-0.4, -0.2) is 30.1 Å². The van der Waals surface area contributed by atoms with Gasteiger partial charge in [0.15, 0.2) is 0 Å². The van der Waals surface area contributed by atoms with Crippen LogP contribution in [0, 0.1) is 0 Å². The number of benzene rings is 1. The summed E-state index contributed by atoms with van der Waals surface area (Å²) in [6, 6.07) is 7.25. The molecule has 138 valence electrons. The number of para-hydroxylation sites is 1. The Morgan fingerprint density at radius 2 is 1.72 bits per heavy atom. The van der Waals surface area contributed by atoms with Crippen molar-refractivity contribution in [2.24, 2.45) is 0 Å². The van der Waals surface area contributed by atoms with E-state index in [-0.39, 0.29) is 24.8 Å². The van der Waals surface area contributed by atoms with Gasteiger partial charge in [-0.05, 0) is 32.4 Å². The SMILES string of the molecule is CCC(=O)NCc1ccccc1NC(=O)CCNC(=O)OC(C)(C)C. The summed E-state index contributed by atoms with van der Waals surface area (Å²) in [4.78, 5) is 34.9. The number of carbonyl (C=O) groups excluding carboxylic acids is 3. The summed E-state index contributed by atoms with van der Waals surface area (Å²) >= 11 is 0. The van der Waals surface area contributed by atoms with Gasteiger partial charge in [-0.25, -0.2) is 4.79 Å². The van der Waals surface area contributed by atoms with E-state index >= 15 is 0 Å². The quantitative estimate of drug-likeness (QED) is 0.705. The molecule has 0 bridgehead atoms. The minimum Gasteiger partial charge on any atom is -0.444 e. The molecule has 0 saturated heterocycles. The molecule has 0 fully saturated rings. The van der Waals surface area contributed by atoms with Gasteiger partial charge in [0.05, 0.1) is 0 Å². The van der Waals surface area contributed by atoms with Gasteiger partial charge in [-0.3, -0.25) is 9.59 Å². The maximum atomic E-state index is 12.0. The third-order valence-electron chi connectivity index (χ3n) is 3.11. The first-order chi connectivity index (χ1) is 11.7. The normalized spacial score (nSPS) is 10.7. The van der Waals surface area contributed by atoms with E-state index in [1.165, 1.54) is 0 Å². The Hall–Kier alpha value is -2.57. The summed E-state index contributed by atoms with van der Waals surface area (Å²) < 4.78 is 5.10. The Balaban J connectivity index is 2.46. The van der Waals surface area contributed by atoms with E-state index in [1.807, 2.05) is 12.1 Å². The molecule has 3 amide bonds. The minimum absolute atomic E-state index is 0.0531. The number of carbonyl (C=O) groups is 3. The third kappa shape index (κ3) is 8.74. The fourth-order valence-corrected chi connectivity index (χ4v) is 1.92. The molecule has 7 nitrogen and oxygen atoms in total. The van der Waals surface area contributed by atoms with Crippen LogP contribution < -0.4 is 16.0 Å². The summed E-state index contributed by atoms with van der Waals surface area (Å²) in [6.07, 6.45) is -0.0253. The second-order valence-electron chi connectivity index (χ2n) is 6.51. The van der Waals surface area contributed by atoms with Gasteiger partial charge in [-0.1, -0.05) is 25.1 Å². The second kappa shape index (κ2) is 9.66. The van der Waals surface area contributed by atoms with Gasteiger partial charge in [-0.2, -0.15) is 0 Å². The highest BCUT2D eigenvalue weighted by molar-refractivity contribution is 5.91. The number of hydrogen-bond donors (Lipinski definition) is 3. The van der Waals surface area contributed by atoms with Crippen molar-refractivity contribution in [3.8, 4) is 0 Å². The molecule has 7 heteroatoms. The van der Waals surface area contributed by atoms with E-state index in [2.05, 4.69) is 16.0 Å². The largest absolute Gasteiger partial charge is 0.444 e. The molecule has 0 aliphatic rings. The summed E-state index contributed by atoms with van der Waals surface area (Å²) in [5.41, 5.74) is 0.882. The highest BCUT2D eigenvalue weighted by Gasteiger charge is 2.16. The van der Waals surface area contributed by atoms with Crippen LogP contribution in [0.5, 0.6) is 0 Å². The maximum absolute atomic E-state index is 12.0. The van der Waals surface area contributed by atoms with Crippen molar-refractivity contribution in [3.63, 3.8) is 0 Å². The van der Waals surface area contributed by atoms with Crippen LogP contribution >= 0.6 is 0 Å². The summed E-state index contributed by atoms with van der Waals surface area (Å²) in [7, 11) is 0. The van der Waals surface area contributed by atoms with Crippen molar-refractivity contribution in [3.05, 3.63) is 29.8 Å². The Morgan fingerprint density at radius 3 is 2.36 bits per heavy atom. The molecule has 0 heterocycles. The summed E-state index contributed by atoms with van der Waals surface area (Å²) in [5, 5.41) is 8.11. The first-order valence-corrected chi connectivity index (χ1v) is 8.32. The van der Waals surface area contributed by atoms with Crippen LogP contribution in [-0.2, 0) is 20.9 Å². The zero-order valence-electron chi connectivity index (χ0n) is 15.3. The van der Waals surface area contributed by atoms with Gasteiger partial charge in [0.25, 0.3) is 0 Å². The smallest absolute Gasteiger partial charge is 0.407 e. The Morgan fingerprint density at radius 1 is 1.04 bits per heavy atom. The van der Waals surface area contributed by atoms with Crippen molar-refractivity contribution in [1.29, 1.82) is 0 Å². The summed E-state index contributed by atoms with van der Waals surface area (Å²) in [5.74, 6) is -0.284. The Kier molecular flexibility index (Phi) is 7.91. The van der Waals surface area contributed by atoms with Gasteiger partial charge in [-0.15, -0.1) is 0 Å². The standard InChI is InChI=1S/C18H27N3O4/c1-5-15(22)20-12-13-8-6-7-9-14(13)21-16(23)10-11-19-17(24)25-18(2,3)4/h6-9H,5,10-12H2,1-4H3,(H,19,24)(H,20,22)(H,21,23). The predicted octanol–water partition coefficient (Wildman–Crippen LogP) is 2.57. The highest BCUT2D eigenvalue weighted by atomic mass is 16.6. The van der Waals surface area contributed by atoms with Crippen molar-refractivity contribution in [2.45, 2.75) is 52.7 Å². The number of alkyl carbamates (subject to hydrolysis) is 1. The molecular formula is C18H27N3O4. The molecule has 0 aromatic heterocycles. The molecule has 25 heavy (non-hydrogen) atoms. The number of nitrogens with one attached hydrogen (secondary N) is 3. The number of amides is 3. The number of ether oxygens (including phenoxy) is 1. The second-order valence-corrected chi connectivity index (χ2v) is 6.51. The third-order valence-corrected chi connectivity index (χ3v) is 3.11. The molecule has 0 radical (unpaired) electrons. The van der Waals surface area contributed by atoms with Gasteiger partial charge in [0.1, 0.15) is 5.60 Å². The maximum Gasteiger partial charge on any atom is 0.407 e. The molecule has 0 atom stereocenters. The van der Waals surface area contributed by atoms with Gasteiger partial charge < -0.3 is 20.7 Å². The number of rotatable bonds is 7.